The fourth-order valence-corrected chi connectivity index (χ4v) is 1.96. The molecule has 0 aromatic heterocycles. The first-order chi connectivity index (χ1) is 10.1. The molecule has 0 saturated carbocycles. The van der Waals surface area contributed by atoms with Crippen molar-refractivity contribution >= 4 is 17.3 Å². The fourth-order valence-electron chi connectivity index (χ4n) is 1.96. The minimum Gasteiger partial charge on any atom is -0.462 e. The lowest BCUT2D eigenvalue weighted by atomic mass is 10.1. The summed E-state index contributed by atoms with van der Waals surface area (Å²) >= 11 is 0. The number of esters is 1. The summed E-state index contributed by atoms with van der Waals surface area (Å²) in [5.41, 5.74) is 7.55. The number of ether oxygens (including phenoxy) is 3. The Morgan fingerprint density at radius 3 is 2.33 bits per heavy atom. The summed E-state index contributed by atoms with van der Waals surface area (Å²) in [6.45, 7) is 4.50. The molecule has 1 aromatic carbocycles. The summed E-state index contributed by atoms with van der Waals surface area (Å²) in [5, 5.41) is 0. The van der Waals surface area contributed by atoms with Gasteiger partial charge in [0.2, 0.25) is 0 Å². The van der Waals surface area contributed by atoms with E-state index in [1.807, 2.05) is 11.0 Å². The highest BCUT2D eigenvalue weighted by Crippen LogP contribution is 2.24. The molecule has 118 valence electrons. The van der Waals surface area contributed by atoms with Crippen molar-refractivity contribution in [3.05, 3.63) is 23.8 Å². The van der Waals surface area contributed by atoms with Crippen LogP contribution in [0.4, 0.5) is 11.4 Å². The average Bonchev–Trinajstić information content (AvgIpc) is 2.48. The Morgan fingerprint density at radius 1 is 1.19 bits per heavy atom. The number of anilines is 2. The van der Waals surface area contributed by atoms with Crippen LogP contribution >= 0.6 is 0 Å². The van der Waals surface area contributed by atoms with Gasteiger partial charge < -0.3 is 24.8 Å². The number of nitrogen functional groups attached to an aromatic ring is 1. The zero-order chi connectivity index (χ0) is 15.7. The lowest BCUT2D eigenvalue weighted by Crippen LogP contribution is -2.32. The predicted octanol–water partition coefficient (Wildman–Crippen LogP) is 1.54. The molecule has 6 heteroatoms. The topological polar surface area (TPSA) is 74.0 Å². The molecule has 1 rings (SSSR count). The van der Waals surface area contributed by atoms with Crippen LogP contribution in [0.15, 0.2) is 18.2 Å². The highest BCUT2D eigenvalue weighted by molar-refractivity contribution is 5.97. The van der Waals surface area contributed by atoms with Crippen molar-refractivity contribution in [1.82, 2.24) is 0 Å². The molecule has 0 unspecified atom stereocenters. The number of rotatable bonds is 9. The molecule has 0 saturated heterocycles. The zero-order valence-electron chi connectivity index (χ0n) is 12.9. The molecular formula is C15H24N2O4. The maximum absolute atomic E-state index is 12.1. The van der Waals surface area contributed by atoms with Gasteiger partial charge >= 0.3 is 5.97 Å². The van der Waals surface area contributed by atoms with Gasteiger partial charge in [0.25, 0.3) is 0 Å². The number of carbonyl (C=O) groups excluding carboxylic acids is 1. The van der Waals surface area contributed by atoms with Gasteiger partial charge in [-0.2, -0.15) is 0 Å². The first-order valence-corrected chi connectivity index (χ1v) is 6.93. The number of hydrogen-bond acceptors (Lipinski definition) is 6. The molecule has 6 nitrogen and oxygen atoms in total. The second kappa shape index (κ2) is 9.20. The monoisotopic (exact) mass is 296 g/mol. The Bertz CT molecular complexity index is 443. The van der Waals surface area contributed by atoms with E-state index in [0.29, 0.717) is 44.2 Å². The maximum atomic E-state index is 12.1. The standard InChI is InChI=1S/C15H24N2O4/c1-4-21-15(18)13-11-12(16)5-6-14(13)17(7-9-19-2)8-10-20-3/h5-6,11H,4,7-10,16H2,1-3H3. The van der Waals surface area contributed by atoms with Gasteiger partial charge in [-0.1, -0.05) is 0 Å². The number of benzene rings is 1. The van der Waals surface area contributed by atoms with Crippen molar-refractivity contribution in [3.8, 4) is 0 Å². The minimum absolute atomic E-state index is 0.323. The van der Waals surface area contributed by atoms with E-state index < -0.39 is 0 Å². The minimum atomic E-state index is -0.375. The molecule has 0 amide bonds. The zero-order valence-corrected chi connectivity index (χ0v) is 12.9. The fraction of sp³-hybridized carbons (Fsp3) is 0.533. The Hall–Kier alpha value is -1.79. The van der Waals surface area contributed by atoms with Gasteiger partial charge in [0.05, 0.1) is 31.1 Å². The third kappa shape index (κ3) is 5.24. The summed E-state index contributed by atoms with van der Waals surface area (Å²) in [7, 11) is 3.29. The molecule has 0 radical (unpaired) electrons. The van der Waals surface area contributed by atoms with Gasteiger partial charge in [0, 0.05) is 33.0 Å². The van der Waals surface area contributed by atoms with Crippen molar-refractivity contribution in [2.75, 3.05) is 57.8 Å². The quantitative estimate of drug-likeness (QED) is 0.550. The third-order valence-electron chi connectivity index (χ3n) is 2.99. The molecule has 2 N–H and O–H groups in total. The van der Waals surface area contributed by atoms with Crippen LogP contribution in [-0.2, 0) is 14.2 Å². The van der Waals surface area contributed by atoms with E-state index in [9.17, 15) is 4.79 Å². The summed E-state index contributed by atoms with van der Waals surface area (Å²) in [6, 6.07) is 5.23. The lowest BCUT2D eigenvalue weighted by molar-refractivity contribution is 0.0527. The Morgan fingerprint density at radius 2 is 1.81 bits per heavy atom. The number of hydrogen-bond donors (Lipinski definition) is 1. The van der Waals surface area contributed by atoms with Crippen molar-refractivity contribution in [2.45, 2.75) is 6.92 Å². The number of methoxy groups -OCH3 is 2. The van der Waals surface area contributed by atoms with Crippen LogP contribution in [0.2, 0.25) is 0 Å². The molecule has 0 spiro atoms. The Kier molecular flexibility index (Phi) is 7.56. The van der Waals surface area contributed by atoms with E-state index in [0.717, 1.165) is 5.69 Å². The average molecular weight is 296 g/mol. The van der Waals surface area contributed by atoms with E-state index in [1.165, 1.54) is 0 Å². The molecule has 21 heavy (non-hydrogen) atoms. The summed E-state index contributed by atoms with van der Waals surface area (Å²) in [6.07, 6.45) is 0. The van der Waals surface area contributed by atoms with E-state index in [4.69, 9.17) is 19.9 Å². The van der Waals surface area contributed by atoms with Crippen LogP contribution in [0.1, 0.15) is 17.3 Å². The van der Waals surface area contributed by atoms with E-state index in [-0.39, 0.29) is 5.97 Å². The highest BCUT2D eigenvalue weighted by atomic mass is 16.5. The normalized spacial score (nSPS) is 10.4. The van der Waals surface area contributed by atoms with Gasteiger partial charge in [0.15, 0.2) is 0 Å². The van der Waals surface area contributed by atoms with E-state index >= 15 is 0 Å². The summed E-state index contributed by atoms with van der Waals surface area (Å²) in [5.74, 6) is -0.375. The molecule has 0 aliphatic heterocycles. The van der Waals surface area contributed by atoms with Gasteiger partial charge in [0.1, 0.15) is 0 Å². The van der Waals surface area contributed by atoms with E-state index in [1.54, 1.807) is 33.3 Å². The van der Waals surface area contributed by atoms with E-state index in [2.05, 4.69) is 0 Å². The smallest absolute Gasteiger partial charge is 0.340 e. The van der Waals surface area contributed by atoms with Gasteiger partial charge in [-0.05, 0) is 25.1 Å². The van der Waals surface area contributed by atoms with Crippen LogP contribution in [0.3, 0.4) is 0 Å². The molecule has 0 fully saturated rings. The highest BCUT2D eigenvalue weighted by Gasteiger charge is 2.18. The second-order valence-electron chi connectivity index (χ2n) is 4.47. The van der Waals surface area contributed by atoms with Crippen molar-refractivity contribution < 1.29 is 19.0 Å². The van der Waals surface area contributed by atoms with Crippen LogP contribution in [-0.4, -0.2) is 53.1 Å². The van der Waals surface area contributed by atoms with Crippen molar-refractivity contribution in [3.63, 3.8) is 0 Å². The van der Waals surface area contributed by atoms with Gasteiger partial charge in [-0.3, -0.25) is 0 Å². The molecule has 0 aliphatic rings. The third-order valence-corrected chi connectivity index (χ3v) is 2.99. The summed E-state index contributed by atoms with van der Waals surface area (Å²) < 4.78 is 15.3. The second-order valence-corrected chi connectivity index (χ2v) is 4.47. The molecule has 0 atom stereocenters. The number of carbonyl (C=O) groups is 1. The Labute approximate surface area is 125 Å². The van der Waals surface area contributed by atoms with Crippen LogP contribution in [0, 0.1) is 0 Å². The molecule has 0 heterocycles. The lowest BCUT2D eigenvalue weighted by Gasteiger charge is -2.26. The maximum Gasteiger partial charge on any atom is 0.340 e. The summed E-state index contributed by atoms with van der Waals surface area (Å²) in [4.78, 5) is 14.1. The largest absolute Gasteiger partial charge is 0.462 e. The predicted molar refractivity (Wildman–Crippen MR) is 82.8 cm³/mol. The molecular weight excluding hydrogens is 272 g/mol. The van der Waals surface area contributed by atoms with Gasteiger partial charge in [-0.25, -0.2) is 4.79 Å². The number of nitrogens with zero attached hydrogens (tertiary/aromatic N) is 1. The SMILES string of the molecule is CCOC(=O)c1cc(N)ccc1N(CCOC)CCOC. The van der Waals surface area contributed by atoms with Crippen LogP contribution in [0.5, 0.6) is 0 Å². The van der Waals surface area contributed by atoms with Crippen molar-refractivity contribution in [2.24, 2.45) is 0 Å². The van der Waals surface area contributed by atoms with Crippen molar-refractivity contribution in [1.29, 1.82) is 0 Å². The first kappa shape index (κ1) is 17.3. The van der Waals surface area contributed by atoms with Gasteiger partial charge in [-0.15, -0.1) is 0 Å². The molecule has 1 aromatic rings. The Balaban J connectivity index is 3.06. The molecule has 0 aliphatic carbocycles. The van der Waals surface area contributed by atoms with Crippen LogP contribution < -0.4 is 10.6 Å². The van der Waals surface area contributed by atoms with Crippen LogP contribution in [0.25, 0.3) is 0 Å². The first-order valence-electron chi connectivity index (χ1n) is 6.93. The number of nitrogens with two attached hydrogens (primary N) is 1. The molecule has 0 bridgehead atoms.